The molecule has 128 valence electrons. The minimum absolute atomic E-state index is 0.0532. The molecule has 0 radical (unpaired) electrons. The van der Waals surface area contributed by atoms with Crippen LogP contribution in [0.3, 0.4) is 0 Å². The van der Waals surface area contributed by atoms with Gasteiger partial charge in [0.1, 0.15) is 0 Å². The first kappa shape index (κ1) is 17.1. The number of likely N-dealkylation sites (tertiary alicyclic amines) is 1. The molecule has 1 fully saturated rings. The van der Waals surface area contributed by atoms with Crippen molar-refractivity contribution >= 4 is 46.8 Å². The van der Waals surface area contributed by atoms with E-state index in [1.165, 1.54) is 11.8 Å². The molecule has 2 N–H and O–H groups in total. The fourth-order valence-electron chi connectivity index (χ4n) is 3.04. The van der Waals surface area contributed by atoms with Crippen LogP contribution in [0.5, 0.6) is 0 Å². The number of carboxylic acids is 1. The van der Waals surface area contributed by atoms with Crippen molar-refractivity contribution in [1.82, 2.24) is 4.90 Å². The van der Waals surface area contributed by atoms with Gasteiger partial charge in [-0.05, 0) is 24.1 Å². The van der Waals surface area contributed by atoms with Crippen LogP contribution in [0.1, 0.15) is 13.3 Å². The number of thioether (sulfide) groups is 1. The highest BCUT2D eigenvalue weighted by Crippen LogP contribution is 2.38. The van der Waals surface area contributed by atoms with E-state index < -0.39 is 17.1 Å². The molecule has 3 rings (SSSR count). The van der Waals surface area contributed by atoms with E-state index in [9.17, 15) is 14.4 Å². The van der Waals surface area contributed by atoms with Crippen molar-refractivity contribution in [2.75, 3.05) is 18.4 Å². The van der Waals surface area contributed by atoms with E-state index in [0.29, 0.717) is 17.3 Å². The summed E-state index contributed by atoms with van der Waals surface area (Å²) in [6.07, 6.45) is 0.0532. The molecule has 2 aliphatic rings. The van der Waals surface area contributed by atoms with Crippen LogP contribution in [-0.4, -0.2) is 46.1 Å². The van der Waals surface area contributed by atoms with Gasteiger partial charge in [0.05, 0.1) is 16.9 Å². The molecule has 8 heteroatoms. The van der Waals surface area contributed by atoms with Crippen molar-refractivity contribution in [2.45, 2.75) is 23.5 Å². The normalized spacial score (nSPS) is 26.0. The number of hydrogen-bond acceptors (Lipinski definition) is 4. The highest BCUT2D eigenvalue weighted by Gasteiger charge is 2.38. The summed E-state index contributed by atoms with van der Waals surface area (Å²) in [5.41, 5.74) is 0.655. The van der Waals surface area contributed by atoms with Gasteiger partial charge in [-0.1, -0.05) is 18.5 Å². The summed E-state index contributed by atoms with van der Waals surface area (Å²) in [5, 5.41) is 11.9. The number of fused-ring (bicyclic) bond motifs is 1. The molecule has 3 atom stereocenters. The summed E-state index contributed by atoms with van der Waals surface area (Å²) in [4.78, 5) is 38.3. The molecule has 0 bridgehead atoms. The van der Waals surface area contributed by atoms with E-state index in [-0.39, 0.29) is 30.7 Å². The molecule has 0 saturated carbocycles. The Labute approximate surface area is 148 Å². The Hall–Kier alpha value is -1.73. The zero-order valence-electron chi connectivity index (χ0n) is 13.0. The van der Waals surface area contributed by atoms with Crippen molar-refractivity contribution in [3.63, 3.8) is 0 Å². The van der Waals surface area contributed by atoms with Gasteiger partial charge in [-0.2, -0.15) is 0 Å². The van der Waals surface area contributed by atoms with Gasteiger partial charge >= 0.3 is 5.97 Å². The number of carbonyl (C=O) groups excluding carboxylic acids is 2. The van der Waals surface area contributed by atoms with E-state index >= 15 is 0 Å². The van der Waals surface area contributed by atoms with Crippen molar-refractivity contribution in [1.29, 1.82) is 0 Å². The Morgan fingerprint density at radius 3 is 2.83 bits per heavy atom. The first-order valence-corrected chi connectivity index (χ1v) is 8.88. The van der Waals surface area contributed by atoms with Gasteiger partial charge in [0.2, 0.25) is 11.8 Å². The van der Waals surface area contributed by atoms with Crippen molar-refractivity contribution in [3.8, 4) is 0 Å². The SMILES string of the molecule is C[C@@H]1CN(C(=O)CC2Sc3ccc(Cl)cc3NC2=O)C[C@H]1C(=O)O. The van der Waals surface area contributed by atoms with Crippen LogP contribution in [-0.2, 0) is 14.4 Å². The maximum absolute atomic E-state index is 12.5. The van der Waals surface area contributed by atoms with Gasteiger partial charge < -0.3 is 15.3 Å². The fourth-order valence-corrected chi connectivity index (χ4v) is 4.29. The average molecular weight is 369 g/mol. The summed E-state index contributed by atoms with van der Waals surface area (Å²) in [6, 6.07) is 5.24. The number of benzene rings is 1. The molecular formula is C16H17ClN2O4S. The number of aliphatic carboxylic acids is 1. The number of carbonyl (C=O) groups is 3. The predicted octanol–water partition coefficient (Wildman–Crippen LogP) is 2.32. The summed E-state index contributed by atoms with van der Waals surface area (Å²) < 4.78 is 0. The lowest BCUT2D eigenvalue weighted by molar-refractivity contribution is -0.142. The van der Waals surface area contributed by atoms with Crippen LogP contribution in [0.15, 0.2) is 23.1 Å². The monoisotopic (exact) mass is 368 g/mol. The van der Waals surface area contributed by atoms with Crippen LogP contribution in [0.4, 0.5) is 5.69 Å². The highest BCUT2D eigenvalue weighted by molar-refractivity contribution is 8.01. The Kier molecular flexibility index (Phi) is 4.73. The highest BCUT2D eigenvalue weighted by atomic mass is 35.5. The minimum Gasteiger partial charge on any atom is -0.481 e. The maximum atomic E-state index is 12.5. The van der Waals surface area contributed by atoms with E-state index in [1.54, 1.807) is 17.0 Å². The number of amides is 2. The van der Waals surface area contributed by atoms with Crippen molar-refractivity contribution < 1.29 is 19.5 Å². The van der Waals surface area contributed by atoms with E-state index in [2.05, 4.69) is 5.32 Å². The molecule has 2 amide bonds. The molecule has 2 heterocycles. The molecule has 0 spiro atoms. The number of rotatable bonds is 3. The van der Waals surface area contributed by atoms with Gasteiger partial charge in [-0.25, -0.2) is 0 Å². The average Bonchev–Trinajstić information content (AvgIpc) is 2.90. The number of carboxylic acid groups (broad SMARTS) is 1. The van der Waals surface area contributed by atoms with Crippen molar-refractivity contribution in [3.05, 3.63) is 23.2 Å². The third-order valence-electron chi connectivity index (χ3n) is 4.40. The second kappa shape index (κ2) is 6.64. The van der Waals surface area contributed by atoms with E-state index in [1.807, 2.05) is 13.0 Å². The minimum atomic E-state index is -0.881. The Balaban J connectivity index is 1.66. The summed E-state index contributed by atoms with van der Waals surface area (Å²) in [5.74, 6) is -1.92. The van der Waals surface area contributed by atoms with Crippen LogP contribution < -0.4 is 5.32 Å². The zero-order chi connectivity index (χ0) is 17.4. The van der Waals surface area contributed by atoms with Gasteiger partial charge in [0, 0.05) is 29.4 Å². The first-order valence-electron chi connectivity index (χ1n) is 7.63. The molecule has 1 saturated heterocycles. The lowest BCUT2D eigenvalue weighted by Gasteiger charge is -2.25. The molecule has 1 aromatic rings. The molecule has 2 aliphatic heterocycles. The molecule has 24 heavy (non-hydrogen) atoms. The van der Waals surface area contributed by atoms with Crippen molar-refractivity contribution in [2.24, 2.45) is 11.8 Å². The Morgan fingerprint density at radius 1 is 1.42 bits per heavy atom. The number of halogens is 1. The summed E-state index contributed by atoms with van der Waals surface area (Å²) >= 11 is 7.25. The molecule has 0 aliphatic carbocycles. The lowest BCUT2D eigenvalue weighted by atomic mass is 9.99. The number of hydrogen-bond donors (Lipinski definition) is 2. The van der Waals surface area contributed by atoms with E-state index in [0.717, 1.165) is 4.90 Å². The second-order valence-corrected chi connectivity index (χ2v) is 7.84. The molecular weight excluding hydrogens is 352 g/mol. The molecule has 1 aromatic carbocycles. The largest absolute Gasteiger partial charge is 0.481 e. The summed E-state index contributed by atoms with van der Waals surface area (Å²) in [6.45, 7) is 2.45. The van der Waals surface area contributed by atoms with Crippen LogP contribution in [0.25, 0.3) is 0 Å². The Bertz CT molecular complexity index is 711. The van der Waals surface area contributed by atoms with Gasteiger partial charge in [0.15, 0.2) is 0 Å². The predicted molar refractivity (Wildman–Crippen MR) is 91.2 cm³/mol. The third kappa shape index (κ3) is 3.37. The van der Waals surface area contributed by atoms with Crippen LogP contribution in [0.2, 0.25) is 5.02 Å². The fraction of sp³-hybridized carbons (Fsp3) is 0.438. The topological polar surface area (TPSA) is 86.7 Å². The smallest absolute Gasteiger partial charge is 0.308 e. The maximum Gasteiger partial charge on any atom is 0.308 e. The van der Waals surface area contributed by atoms with Gasteiger partial charge in [-0.3, -0.25) is 14.4 Å². The Morgan fingerprint density at radius 2 is 2.17 bits per heavy atom. The summed E-state index contributed by atoms with van der Waals surface area (Å²) in [7, 11) is 0. The van der Waals surface area contributed by atoms with Gasteiger partial charge in [-0.15, -0.1) is 11.8 Å². The van der Waals surface area contributed by atoms with Crippen LogP contribution >= 0.6 is 23.4 Å². The molecule has 0 aromatic heterocycles. The zero-order valence-corrected chi connectivity index (χ0v) is 14.6. The molecule has 1 unspecified atom stereocenters. The quantitative estimate of drug-likeness (QED) is 0.855. The number of anilines is 1. The van der Waals surface area contributed by atoms with Crippen LogP contribution in [0, 0.1) is 11.8 Å². The standard InChI is InChI=1S/C16H17ClN2O4S/c1-8-6-19(7-10(8)16(22)23)14(20)5-13-15(21)18-11-4-9(17)2-3-12(11)24-13/h2-4,8,10,13H,5-7H2,1H3,(H,18,21)(H,22,23)/t8-,10-,13?/m1/s1. The molecule has 6 nitrogen and oxygen atoms in total. The number of nitrogens with one attached hydrogen (secondary N) is 1. The lowest BCUT2D eigenvalue weighted by Crippen LogP contribution is -2.37. The van der Waals surface area contributed by atoms with Gasteiger partial charge in [0.25, 0.3) is 0 Å². The number of nitrogens with zero attached hydrogens (tertiary/aromatic N) is 1. The van der Waals surface area contributed by atoms with E-state index in [4.69, 9.17) is 16.7 Å². The second-order valence-electron chi connectivity index (χ2n) is 6.16. The third-order valence-corrected chi connectivity index (χ3v) is 5.91. The first-order chi connectivity index (χ1) is 11.3.